The van der Waals surface area contributed by atoms with Gasteiger partial charge in [-0.05, 0) is 37.0 Å². The Morgan fingerprint density at radius 3 is 2.30 bits per heavy atom. The minimum absolute atomic E-state index is 0.208. The standard InChI is InChI=1S/C18H25ClO4/c1-5-6-9-22-18(21)16-10-14(13(4)19)7-8-15(16)17(20)23-11-12(2)3/h7-8,10,12-13H,5-6,9,11H2,1-4H3. The fourth-order valence-corrected chi connectivity index (χ4v) is 2.00. The lowest BCUT2D eigenvalue weighted by molar-refractivity contribution is 0.0428. The minimum Gasteiger partial charge on any atom is -0.462 e. The number of alkyl halides is 1. The molecule has 1 unspecified atom stereocenters. The number of carbonyl (C=O) groups is 2. The molecule has 128 valence electrons. The molecule has 0 amide bonds. The van der Waals surface area contributed by atoms with Gasteiger partial charge >= 0.3 is 11.9 Å². The molecule has 23 heavy (non-hydrogen) atoms. The first-order valence-electron chi connectivity index (χ1n) is 7.99. The number of hydrogen-bond donors (Lipinski definition) is 0. The van der Waals surface area contributed by atoms with E-state index in [2.05, 4.69) is 0 Å². The number of benzene rings is 1. The van der Waals surface area contributed by atoms with Crippen molar-refractivity contribution in [2.24, 2.45) is 5.92 Å². The number of hydrogen-bond acceptors (Lipinski definition) is 4. The maximum Gasteiger partial charge on any atom is 0.339 e. The van der Waals surface area contributed by atoms with E-state index in [-0.39, 0.29) is 22.4 Å². The van der Waals surface area contributed by atoms with Crippen LogP contribution in [-0.2, 0) is 9.47 Å². The molecule has 0 saturated carbocycles. The van der Waals surface area contributed by atoms with Crippen molar-refractivity contribution >= 4 is 23.5 Å². The molecule has 1 aromatic rings. The Bertz CT molecular complexity index is 538. The Hall–Kier alpha value is -1.55. The highest BCUT2D eigenvalue weighted by atomic mass is 35.5. The van der Waals surface area contributed by atoms with E-state index < -0.39 is 11.9 Å². The van der Waals surface area contributed by atoms with Crippen molar-refractivity contribution in [3.63, 3.8) is 0 Å². The molecule has 0 aromatic heterocycles. The van der Waals surface area contributed by atoms with Crippen LogP contribution in [-0.4, -0.2) is 25.2 Å². The number of unbranched alkanes of at least 4 members (excludes halogenated alkanes) is 1. The maximum atomic E-state index is 12.3. The summed E-state index contributed by atoms with van der Waals surface area (Å²) in [5.74, 6) is -0.815. The zero-order valence-electron chi connectivity index (χ0n) is 14.2. The van der Waals surface area contributed by atoms with Crippen molar-refractivity contribution in [2.45, 2.75) is 45.9 Å². The summed E-state index contributed by atoms with van der Waals surface area (Å²) in [5.41, 5.74) is 1.18. The van der Waals surface area contributed by atoms with Gasteiger partial charge in [-0.3, -0.25) is 0 Å². The summed E-state index contributed by atoms with van der Waals surface area (Å²) in [5, 5.41) is -0.266. The first-order valence-corrected chi connectivity index (χ1v) is 8.42. The van der Waals surface area contributed by atoms with Gasteiger partial charge in [0.15, 0.2) is 0 Å². The highest BCUT2D eigenvalue weighted by Gasteiger charge is 2.21. The van der Waals surface area contributed by atoms with Crippen molar-refractivity contribution in [3.8, 4) is 0 Å². The molecule has 1 atom stereocenters. The third-order valence-electron chi connectivity index (χ3n) is 3.22. The monoisotopic (exact) mass is 340 g/mol. The van der Waals surface area contributed by atoms with Gasteiger partial charge in [0, 0.05) is 0 Å². The highest BCUT2D eigenvalue weighted by molar-refractivity contribution is 6.20. The van der Waals surface area contributed by atoms with Crippen LogP contribution in [0.4, 0.5) is 0 Å². The molecule has 0 aliphatic carbocycles. The molecule has 0 radical (unpaired) electrons. The van der Waals surface area contributed by atoms with Crippen molar-refractivity contribution < 1.29 is 19.1 Å². The molecule has 1 rings (SSSR count). The quantitative estimate of drug-likeness (QED) is 0.389. The molecular weight excluding hydrogens is 316 g/mol. The first kappa shape index (κ1) is 19.5. The van der Waals surface area contributed by atoms with Gasteiger partial charge in [0.25, 0.3) is 0 Å². The second-order valence-corrected chi connectivity index (χ2v) is 6.56. The molecule has 5 heteroatoms. The van der Waals surface area contributed by atoms with Gasteiger partial charge in [0.2, 0.25) is 0 Å². The van der Waals surface area contributed by atoms with Gasteiger partial charge in [0.1, 0.15) is 0 Å². The van der Waals surface area contributed by atoms with E-state index >= 15 is 0 Å². The first-order chi connectivity index (χ1) is 10.9. The summed E-state index contributed by atoms with van der Waals surface area (Å²) >= 11 is 6.07. The molecule has 0 heterocycles. The smallest absolute Gasteiger partial charge is 0.339 e. The third-order valence-corrected chi connectivity index (χ3v) is 3.47. The Balaban J connectivity index is 3.03. The molecule has 0 bridgehead atoms. The van der Waals surface area contributed by atoms with E-state index in [1.54, 1.807) is 25.1 Å². The normalized spacial score (nSPS) is 12.1. The zero-order chi connectivity index (χ0) is 17.4. The highest BCUT2D eigenvalue weighted by Crippen LogP contribution is 2.23. The van der Waals surface area contributed by atoms with Crippen LogP contribution in [0.2, 0.25) is 0 Å². The second-order valence-electron chi connectivity index (χ2n) is 5.90. The Kier molecular flexibility index (Phi) is 8.10. The van der Waals surface area contributed by atoms with Crippen molar-refractivity contribution in [1.82, 2.24) is 0 Å². The fraction of sp³-hybridized carbons (Fsp3) is 0.556. The van der Waals surface area contributed by atoms with E-state index in [9.17, 15) is 9.59 Å². The summed E-state index contributed by atoms with van der Waals surface area (Å²) in [4.78, 5) is 24.5. The fourth-order valence-electron chi connectivity index (χ4n) is 1.86. The number of esters is 2. The van der Waals surface area contributed by atoms with Gasteiger partial charge in [-0.2, -0.15) is 0 Å². The molecule has 0 N–H and O–H groups in total. The summed E-state index contributed by atoms with van der Waals surface area (Å²) in [6, 6.07) is 4.91. The number of rotatable bonds is 8. The van der Waals surface area contributed by atoms with Gasteiger partial charge in [-0.15, -0.1) is 11.6 Å². The van der Waals surface area contributed by atoms with Crippen molar-refractivity contribution in [1.29, 1.82) is 0 Å². The van der Waals surface area contributed by atoms with Gasteiger partial charge in [-0.25, -0.2) is 9.59 Å². The molecule has 0 spiro atoms. The van der Waals surface area contributed by atoms with Crippen LogP contribution in [0.25, 0.3) is 0 Å². The predicted octanol–water partition coefficient (Wildman–Crippen LogP) is 4.76. The average molecular weight is 341 g/mol. The lowest BCUT2D eigenvalue weighted by Crippen LogP contribution is -2.17. The van der Waals surface area contributed by atoms with Gasteiger partial charge < -0.3 is 9.47 Å². The van der Waals surface area contributed by atoms with Gasteiger partial charge in [0.05, 0.1) is 29.7 Å². The van der Waals surface area contributed by atoms with E-state index in [0.29, 0.717) is 13.2 Å². The molecule has 4 nitrogen and oxygen atoms in total. The van der Waals surface area contributed by atoms with Crippen LogP contribution in [0.5, 0.6) is 0 Å². The minimum atomic E-state index is -0.519. The Morgan fingerprint density at radius 2 is 1.74 bits per heavy atom. The van der Waals surface area contributed by atoms with Gasteiger partial charge in [-0.1, -0.05) is 33.3 Å². The van der Waals surface area contributed by atoms with E-state index in [1.807, 2.05) is 20.8 Å². The van der Waals surface area contributed by atoms with Crippen LogP contribution >= 0.6 is 11.6 Å². The lowest BCUT2D eigenvalue weighted by Gasteiger charge is -2.13. The van der Waals surface area contributed by atoms with E-state index in [4.69, 9.17) is 21.1 Å². The molecule has 0 saturated heterocycles. The maximum absolute atomic E-state index is 12.3. The topological polar surface area (TPSA) is 52.6 Å². The third kappa shape index (κ3) is 6.22. The van der Waals surface area contributed by atoms with Crippen LogP contribution in [0, 0.1) is 5.92 Å². The predicted molar refractivity (Wildman–Crippen MR) is 91.0 cm³/mol. The lowest BCUT2D eigenvalue weighted by atomic mass is 10.0. The summed E-state index contributed by atoms with van der Waals surface area (Å²) < 4.78 is 10.5. The van der Waals surface area contributed by atoms with Crippen LogP contribution < -0.4 is 0 Å². The van der Waals surface area contributed by atoms with Crippen LogP contribution in [0.3, 0.4) is 0 Å². The largest absolute Gasteiger partial charge is 0.462 e. The number of halogens is 1. The summed E-state index contributed by atoms with van der Waals surface area (Å²) in [7, 11) is 0. The molecule has 0 fully saturated rings. The van der Waals surface area contributed by atoms with E-state index in [1.165, 1.54) is 0 Å². The average Bonchev–Trinajstić information content (AvgIpc) is 2.52. The molecule has 1 aromatic carbocycles. The summed E-state index contributed by atoms with van der Waals surface area (Å²) in [6.07, 6.45) is 1.71. The molecule has 0 aliphatic heterocycles. The second kappa shape index (κ2) is 9.56. The molecular formula is C18H25ClO4. The number of carbonyl (C=O) groups excluding carboxylic acids is 2. The zero-order valence-corrected chi connectivity index (χ0v) is 15.0. The SMILES string of the molecule is CCCCOC(=O)c1cc(C(C)Cl)ccc1C(=O)OCC(C)C. The van der Waals surface area contributed by atoms with Crippen molar-refractivity contribution in [2.75, 3.05) is 13.2 Å². The van der Waals surface area contributed by atoms with Crippen LogP contribution in [0.1, 0.15) is 72.2 Å². The number of ether oxygens (including phenoxy) is 2. The van der Waals surface area contributed by atoms with E-state index in [0.717, 1.165) is 18.4 Å². The van der Waals surface area contributed by atoms with Crippen LogP contribution in [0.15, 0.2) is 18.2 Å². The Labute approximate surface area is 143 Å². The summed E-state index contributed by atoms with van der Waals surface area (Å²) in [6.45, 7) is 8.35. The Morgan fingerprint density at radius 1 is 1.09 bits per heavy atom. The molecule has 0 aliphatic rings. The van der Waals surface area contributed by atoms with Crippen molar-refractivity contribution in [3.05, 3.63) is 34.9 Å².